The Balaban J connectivity index is 1.24. The number of ether oxygens (including phenoxy) is 1. The molecule has 0 aromatic carbocycles. The average Bonchev–Trinajstić information content (AvgIpc) is 2.73. The van der Waals surface area contributed by atoms with Crippen molar-refractivity contribution in [3.8, 4) is 0 Å². The summed E-state index contributed by atoms with van der Waals surface area (Å²) >= 11 is 0. The zero-order chi connectivity index (χ0) is 19.8. The van der Waals surface area contributed by atoms with Crippen LogP contribution in [0.4, 0.5) is 0 Å². The third-order valence-corrected chi connectivity index (χ3v) is 7.48. The van der Waals surface area contributed by atoms with Crippen LogP contribution in [0.25, 0.3) is 0 Å². The molecular formula is C22H32N4O3. The van der Waals surface area contributed by atoms with Crippen molar-refractivity contribution >= 4 is 5.91 Å². The van der Waals surface area contributed by atoms with Gasteiger partial charge in [0.15, 0.2) is 0 Å². The van der Waals surface area contributed by atoms with Gasteiger partial charge >= 0.3 is 0 Å². The molecule has 3 fully saturated rings. The molecule has 7 nitrogen and oxygen atoms in total. The van der Waals surface area contributed by atoms with Crippen LogP contribution >= 0.6 is 0 Å². The van der Waals surface area contributed by atoms with E-state index >= 15 is 0 Å². The highest BCUT2D eigenvalue weighted by molar-refractivity contribution is 5.79. The van der Waals surface area contributed by atoms with Gasteiger partial charge in [0.25, 0.3) is 5.56 Å². The maximum atomic E-state index is 12.8. The van der Waals surface area contributed by atoms with Crippen LogP contribution in [-0.4, -0.2) is 64.6 Å². The molecule has 0 atom stereocenters. The monoisotopic (exact) mass is 400 g/mol. The Morgan fingerprint density at radius 1 is 1.03 bits per heavy atom. The second kappa shape index (κ2) is 8.19. The molecule has 1 aliphatic carbocycles. The van der Waals surface area contributed by atoms with Crippen molar-refractivity contribution in [3.63, 3.8) is 0 Å². The van der Waals surface area contributed by atoms with Gasteiger partial charge < -0.3 is 19.5 Å². The van der Waals surface area contributed by atoms with Crippen LogP contribution in [0.5, 0.6) is 0 Å². The summed E-state index contributed by atoms with van der Waals surface area (Å²) in [4.78, 5) is 37.8. The molecule has 0 radical (unpaired) electrons. The highest BCUT2D eigenvalue weighted by Gasteiger charge is 2.33. The Labute approximate surface area is 171 Å². The fourth-order valence-corrected chi connectivity index (χ4v) is 5.33. The van der Waals surface area contributed by atoms with E-state index in [0.717, 1.165) is 82.8 Å². The second-order valence-electron chi connectivity index (χ2n) is 9.17. The van der Waals surface area contributed by atoms with Crippen LogP contribution in [0, 0.1) is 5.92 Å². The van der Waals surface area contributed by atoms with Gasteiger partial charge in [-0.3, -0.25) is 9.59 Å². The highest BCUT2D eigenvalue weighted by atomic mass is 16.5. The zero-order valence-electron chi connectivity index (χ0n) is 17.2. The lowest BCUT2D eigenvalue weighted by Crippen LogP contribution is -2.45. The van der Waals surface area contributed by atoms with E-state index in [1.807, 2.05) is 4.90 Å². The van der Waals surface area contributed by atoms with Crippen LogP contribution < -0.4 is 5.56 Å². The van der Waals surface area contributed by atoms with Crippen LogP contribution in [0.2, 0.25) is 0 Å². The molecule has 1 aromatic rings. The molecular weight excluding hydrogens is 368 g/mol. The summed E-state index contributed by atoms with van der Waals surface area (Å²) in [5, 5.41) is 0. The maximum absolute atomic E-state index is 12.8. The molecule has 4 heterocycles. The van der Waals surface area contributed by atoms with Crippen molar-refractivity contribution in [2.24, 2.45) is 5.92 Å². The summed E-state index contributed by atoms with van der Waals surface area (Å²) in [7, 11) is 0. The first-order valence-corrected chi connectivity index (χ1v) is 11.4. The minimum absolute atomic E-state index is 0.0389. The van der Waals surface area contributed by atoms with Gasteiger partial charge in [0.1, 0.15) is 5.82 Å². The lowest BCUT2D eigenvalue weighted by molar-refractivity contribution is -0.139. The quantitative estimate of drug-likeness (QED) is 0.837. The van der Waals surface area contributed by atoms with E-state index in [1.54, 1.807) is 0 Å². The normalized spacial score (nSPS) is 24.9. The topological polar surface area (TPSA) is 78.5 Å². The number of carbonyl (C=O) groups excluding carboxylic acids is 1. The molecule has 7 heteroatoms. The molecule has 5 rings (SSSR count). The molecule has 158 valence electrons. The Morgan fingerprint density at radius 3 is 2.48 bits per heavy atom. The van der Waals surface area contributed by atoms with Gasteiger partial charge in [-0.05, 0) is 51.6 Å². The molecule has 0 bridgehead atoms. The van der Waals surface area contributed by atoms with Gasteiger partial charge in [-0.2, -0.15) is 0 Å². The van der Waals surface area contributed by atoms with Gasteiger partial charge in [-0.25, -0.2) is 4.98 Å². The second-order valence-corrected chi connectivity index (χ2v) is 9.17. The van der Waals surface area contributed by atoms with Crippen LogP contribution in [0.15, 0.2) is 4.79 Å². The van der Waals surface area contributed by atoms with Crippen molar-refractivity contribution < 1.29 is 9.53 Å². The number of hydrogen-bond acceptors (Lipinski definition) is 5. The minimum Gasteiger partial charge on any atom is -0.381 e. The first kappa shape index (κ1) is 19.2. The molecule has 1 saturated carbocycles. The Hall–Kier alpha value is -1.73. The van der Waals surface area contributed by atoms with Crippen molar-refractivity contribution in [2.75, 3.05) is 32.8 Å². The molecule has 1 N–H and O–H groups in total. The number of nitrogens with zero attached hydrogens (tertiary/aromatic N) is 3. The van der Waals surface area contributed by atoms with Crippen LogP contribution in [0.3, 0.4) is 0 Å². The molecule has 0 spiro atoms. The van der Waals surface area contributed by atoms with Gasteiger partial charge in [-0.15, -0.1) is 0 Å². The van der Waals surface area contributed by atoms with E-state index in [4.69, 9.17) is 9.72 Å². The van der Waals surface area contributed by atoms with Crippen molar-refractivity contribution in [2.45, 2.75) is 69.9 Å². The average molecular weight is 401 g/mol. The fourth-order valence-electron chi connectivity index (χ4n) is 5.33. The van der Waals surface area contributed by atoms with Gasteiger partial charge in [0, 0.05) is 44.1 Å². The van der Waals surface area contributed by atoms with Gasteiger partial charge in [0.2, 0.25) is 5.91 Å². The smallest absolute Gasteiger partial charge is 0.256 e. The zero-order valence-corrected chi connectivity index (χ0v) is 17.2. The Bertz CT molecular complexity index is 805. The Morgan fingerprint density at radius 2 is 1.79 bits per heavy atom. The first-order valence-electron chi connectivity index (χ1n) is 11.4. The summed E-state index contributed by atoms with van der Waals surface area (Å²) in [5.41, 5.74) is 1.57. The number of piperidine rings is 1. The summed E-state index contributed by atoms with van der Waals surface area (Å²) < 4.78 is 5.49. The third-order valence-electron chi connectivity index (χ3n) is 7.48. The molecule has 3 aliphatic heterocycles. The van der Waals surface area contributed by atoms with E-state index in [1.165, 1.54) is 0 Å². The molecule has 0 unspecified atom stereocenters. The predicted octanol–water partition coefficient (Wildman–Crippen LogP) is 1.81. The maximum Gasteiger partial charge on any atom is 0.256 e. The number of fused-ring (bicyclic) bond motifs is 1. The first-order chi connectivity index (χ1) is 14.2. The third kappa shape index (κ3) is 3.87. The summed E-state index contributed by atoms with van der Waals surface area (Å²) in [5.74, 6) is 1.60. The molecule has 29 heavy (non-hydrogen) atoms. The number of H-pyrrole nitrogens is 1. The largest absolute Gasteiger partial charge is 0.381 e. The number of nitrogens with one attached hydrogen (secondary N) is 1. The minimum atomic E-state index is -0.0389. The number of aromatic nitrogens is 2. The predicted molar refractivity (Wildman–Crippen MR) is 109 cm³/mol. The number of amides is 1. The van der Waals surface area contributed by atoms with Crippen LogP contribution in [-0.2, 0) is 22.5 Å². The number of likely N-dealkylation sites (tertiary alicyclic amines) is 1. The lowest BCUT2D eigenvalue weighted by Gasteiger charge is -2.39. The number of carbonyl (C=O) groups is 1. The van der Waals surface area contributed by atoms with Crippen molar-refractivity contribution in [3.05, 3.63) is 27.4 Å². The standard InChI is InChI=1S/C22H32N4O3/c27-21-18-14-26(22(28)16-2-1-3-16)11-6-19(18)23-20(24-21)15-4-9-25(10-5-15)17-7-12-29-13-8-17/h15-17H,1-14H2,(H,23,24,27). The number of aromatic amines is 1. The molecule has 4 aliphatic rings. The summed E-state index contributed by atoms with van der Waals surface area (Å²) in [6.07, 6.45) is 8.22. The number of rotatable bonds is 3. The molecule has 1 aromatic heterocycles. The van der Waals surface area contributed by atoms with Crippen molar-refractivity contribution in [1.82, 2.24) is 19.8 Å². The van der Waals surface area contributed by atoms with Crippen molar-refractivity contribution in [1.29, 1.82) is 0 Å². The van der Waals surface area contributed by atoms with E-state index < -0.39 is 0 Å². The fraction of sp³-hybridized carbons (Fsp3) is 0.773. The van der Waals surface area contributed by atoms with E-state index in [9.17, 15) is 9.59 Å². The van der Waals surface area contributed by atoms with E-state index in [0.29, 0.717) is 37.0 Å². The van der Waals surface area contributed by atoms with E-state index in [-0.39, 0.29) is 17.4 Å². The van der Waals surface area contributed by atoms with Gasteiger partial charge in [0.05, 0.1) is 17.8 Å². The van der Waals surface area contributed by atoms with E-state index in [2.05, 4.69) is 9.88 Å². The SMILES string of the molecule is O=C(C1CCC1)N1CCc2nc(C3CCN(C4CCOCC4)CC3)[nH]c(=O)c2C1. The summed E-state index contributed by atoms with van der Waals surface area (Å²) in [6.45, 7) is 5.02. The Kier molecular flexibility index (Phi) is 5.43. The number of hydrogen-bond donors (Lipinski definition) is 1. The molecule has 2 saturated heterocycles. The summed E-state index contributed by atoms with van der Waals surface area (Å²) in [6, 6.07) is 0.652. The molecule has 1 amide bonds. The lowest BCUT2D eigenvalue weighted by atomic mass is 9.84. The highest BCUT2D eigenvalue weighted by Crippen LogP contribution is 2.31. The van der Waals surface area contributed by atoms with Crippen LogP contribution in [0.1, 0.15) is 67.9 Å². The van der Waals surface area contributed by atoms with Gasteiger partial charge in [-0.1, -0.05) is 6.42 Å².